The molecule has 1 amide bonds. The van der Waals surface area contributed by atoms with Crippen molar-refractivity contribution in [2.45, 2.75) is 18.9 Å². The first-order chi connectivity index (χ1) is 11.6. The Kier molecular flexibility index (Phi) is 5.80. The van der Waals surface area contributed by atoms with Crippen molar-refractivity contribution >= 4 is 56.6 Å². The van der Waals surface area contributed by atoms with Crippen LogP contribution in [-0.2, 0) is 4.79 Å². The Bertz CT molecular complexity index is 783. The molecule has 136 valence electrons. The minimum absolute atomic E-state index is 0. The maximum Gasteiger partial charge on any atom is 0.230 e. The fraction of sp³-hybridized carbons (Fsp3) is 0.500. The molecule has 0 spiro atoms. The Hall–Kier alpha value is -0.990. The summed E-state index contributed by atoms with van der Waals surface area (Å²) >= 11 is 7.27. The Morgan fingerprint density at radius 2 is 2.24 bits per heavy atom. The number of nitrogens with zero attached hydrogens (tertiary/aromatic N) is 2. The minimum atomic E-state index is -0.397. The number of anilines is 1. The molecule has 5 nitrogen and oxygen atoms in total. The molecule has 2 N–H and O–H groups in total. The molecule has 9 heteroatoms. The molecule has 2 fully saturated rings. The first-order valence-corrected chi connectivity index (χ1v) is 9.31. The summed E-state index contributed by atoms with van der Waals surface area (Å²) in [6.45, 7) is 3.87. The van der Waals surface area contributed by atoms with Crippen molar-refractivity contribution in [3.8, 4) is 0 Å². The number of carbonyl (C=O) groups excluding carboxylic acids is 1. The van der Waals surface area contributed by atoms with Crippen molar-refractivity contribution in [1.29, 1.82) is 0 Å². The van der Waals surface area contributed by atoms with Crippen molar-refractivity contribution in [2.24, 2.45) is 5.92 Å². The lowest BCUT2D eigenvalue weighted by Gasteiger charge is -2.42. The zero-order valence-corrected chi connectivity index (χ0v) is 15.8. The van der Waals surface area contributed by atoms with Gasteiger partial charge in [0.15, 0.2) is 5.13 Å². The van der Waals surface area contributed by atoms with Gasteiger partial charge in [-0.3, -0.25) is 9.69 Å². The summed E-state index contributed by atoms with van der Waals surface area (Å²) in [4.78, 5) is 19.3. The number of fused-ring (bicyclic) bond motifs is 1. The minimum Gasteiger partial charge on any atom is -0.314 e. The van der Waals surface area contributed by atoms with E-state index in [0.717, 1.165) is 39.0 Å². The molecule has 1 aromatic heterocycles. The second-order valence-electron chi connectivity index (χ2n) is 6.39. The van der Waals surface area contributed by atoms with Crippen LogP contribution >= 0.6 is 35.3 Å². The van der Waals surface area contributed by atoms with E-state index < -0.39 is 5.82 Å². The van der Waals surface area contributed by atoms with Gasteiger partial charge in [-0.15, -0.1) is 12.4 Å². The summed E-state index contributed by atoms with van der Waals surface area (Å²) in [5, 5.41) is 6.91. The number of carbonyl (C=O) groups is 1. The number of hydrogen-bond acceptors (Lipinski definition) is 5. The Morgan fingerprint density at radius 3 is 2.96 bits per heavy atom. The molecule has 2 aliphatic heterocycles. The van der Waals surface area contributed by atoms with Gasteiger partial charge in [0.2, 0.25) is 5.91 Å². The van der Waals surface area contributed by atoms with E-state index in [1.54, 1.807) is 0 Å². The van der Waals surface area contributed by atoms with Crippen LogP contribution in [0.2, 0.25) is 5.02 Å². The zero-order valence-electron chi connectivity index (χ0n) is 13.4. The number of hydrogen-bond donors (Lipinski definition) is 2. The first kappa shape index (κ1) is 18.8. The van der Waals surface area contributed by atoms with Crippen LogP contribution in [0, 0.1) is 11.7 Å². The third kappa shape index (κ3) is 3.90. The normalized spacial score (nSPS) is 21.6. The second kappa shape index (κ2) is 7.72. The van der Waals surface area contributed by atoms with Crippen LogP contribution in [0.3, 0.4) is 0 Å². The van der Waals surface area contributed by atoms with Crippen LogP contribution < -0.4 is 10.6 Å². The number of nitrogens with one attached hydrogen (secondary N) is 2. The van der Waals surface area contributed by atoms with Crippen LogP contribution in [0.15, 0.2) is 12.1 Å². The molecule has 0 saturated carbocycles. The Morgan fingerprint density at radius 1 is 1.44 bits per heavy atom. The van der Waals surface area contributed by atoms with Gasteiger partial charge in [-0.2, -0.15) is 0 Å². The summed E-state index contributed by atoms with van der Waals surface area (Å²) < 4.78 is 14.1. The number of rotatable bonds is 3. The van der Waals surface area contributed by atoms with E-state index in [2.05, 4.69) is 20.5 Å². The van der Waals surface area contributed by atoms with Crippen LogP contribution in [-0.4, -0.2) is 48.0 Å². The molecule has 3 heterocycles. The zero-order chi connectivity index (χ0) is 16.7. The lowest BCUT2D eigenvalue weighted by molar-refractivity contribution is -0.122. The predicted molar refractivity (Wildman–Crippen MR) is 101 cm³/mol. The third-order valence-electron chi connectivity index (χ3n) is 4.74. The Labute approximate surface area is 160 Å². The van der Waals surface area contributed by atoms with Crippen molar-refractivity contribution < 1.29 is 9.18 Å². The van der Waals surface area contributed by atoms with Crippen molar-refractivity contribution in [3.63, 3.8) is 0 Å². The van der Waals surface area contributed by atoms with E-state index in [4.69, 9.17) is 11.6 Å². The van der Waals surface area contributed by atoms with Gasteiger partial charge in [-0.25, -0.2) is 9.37 Å². The smallest absolute Gasteiger partial charge is 0.230 e. The molecule has 0 radical (unpaired) electrons. The molecule has 2 aromatic rings. The average molecular weight is 405 g/mol. The number of amides is 1. The summed E-state index contributed by atoms with van der Waals surface area (Å²) in [7, 11) is 0. The maximum absolute atomic E-state index is 13.4. The largest absolute Gasteiger partial charge is 0.314 e. The van der Waals surface area contributed by atoms with Crippen LogP contribution in [0.1, 0.15) is 12.8 Å². The fourth-order valence-corrected chi connectivity index (χ4v) is 4.53. The molecular weight excluding hydrogens is 386 g/mol. The summed E-state index contributed by atoms with van der Waals surface area (Å²) in [5.74, 6) is -0.438. The van der Waals surface area contributed by atoms with E-state index >= 15 is 0 Å². The highest BCUT2D eigenvalue weighted by Crippen LogP contribution is 2.32. The second-order valence-corrected chi connectivity index (χ2v) is 7.83. The lowest BCUT2D eigenvalue weighted by atomic mass is 9.95. The van der Waals surface area contributed by atoms with E-state index in [9.17, 15) is 9.18 Å². The topological polar surface area (TPSA) is 57.3 Å². The van der Waals surface area contributed by atoms with Gasteiger partial charge < -0.3 is 10.6 Å². The van der Waals surface area contributed by atoms with Gasteiger partial charge in [0.1, 0.15) is 11.3 Å². The van der Waals surface area contributed by atoms with Gasteiger partial charge in [-0.05, 0) is 31.5 Å². The molecule has 1 unspecified atom stereocenters. The first-order valence-electron chi connectivity index (χ1n) is 8.11. The monoisotopic (exact) mass is 404 g/mol. The highest BCUT2D eigenvalue weighted by atomic mass is 35.5. The number of aromatic nitrogens is 1. The van der Waals surface area contributed by atoms with E-state index in [1.807, 2.05) is 0 Å². The predicted octanol–water partition coefficient (Wildman–Crippen LogP) is 3.13. The average Bonchev–Trinajstić information content (AvgIpc) is 2.88. The summed E-state index contributed by atoms with van der Waals surface area (Å²) in [5.41, 5.74) is 0.532. The van der Waals surface area contributed by atoms with E-state index in [-0.39, 0.29) is 29.3 Å². The van der Waals surface area contributed by atoms with Gasteiger partial charge in [0.05, 0.1) is 15.6 Å². The molecule has 0 aliphatic carbocycles. The van der Waals surface area contributed by atoms with Gasteiger partial charge in [-0.1, -0.05) is 22.9 Å². The molecule has 2 aliphatic rings. The molecule has 2 saturated heterocycles. The number of likely N-dealkylation sites (tertiary alicyclic amines) is 1. The quantitative estimate of drug-likeness (QED) is 0.824. The number of piperidine rings is 1. The van der Waals surface area contributed by atoms with Crippen molar-refractivity contribution in [2.75, 3.05) is 31.5 Å². The van der Waals surface area contributed by atoms with Crippen LogP contribution in [0.5, 0.6) is 0 Å². The molecule has 1 atom stereocenters. The van der Waals surface area contributed by atoms with Gasteiger partial charge in [0.25, 0.3) is 0 Å². The number of halogens is 3. The lowest BCUT2D eigenvalue weighted by Crippen LogP contribution is -2.59. The van der Waals surface area contributed by atoms with Crippen LogP contribution in [0.25, 0.3) is 10.2 Å². The SMILES string of the molecule is Cl.O=C(Nc1nc2c(Cl)cc(F)cc2s1)C1CCCN(C2CNC2)C1. The summed E-state index contributed by atoms with van der Waals surface area (Å²) in [6, 6.07) is 3.19. The fourth-order valence-electron chi connectivity index (χ4n) is 3.30. The molecule has 4 rings (SSSR count). The highest BCUT2D eigenvalue weighted by molar-refractivity contribution is 7.22. The van der Waals surface area contributed by atoms with E-state index in [1.165, 1.54) is 23.5 Å². The van der Waals surface area contributed by atoms with Crippen LogP contribution in [0.4, 0.5) is 9.52 Å². The molecule has 0 bridgehead atoms. The molecule has 1 aromatic carbocycles. The number of thiazole rings is 1. The third-order valence-corrected chi connectivity index (χ3v) is 5.95. The highest BCUT2D eigenvalue weighted by Gasteiger charge is 2.32. The van der Waals surface area contributed by atoms with E-state index in [0.29, 0.717) is 21.4 Å². The molecular formula is C16H19Cl2FN4OS. The Balaban J connectivity index is 0.00000182. The number of benzene rings is 1. The van der Waals surface area contributed by atoms with Crippen molar-refractivity contribution in [1.82, 2.24) is 15.2 Å². The standard InChI is InChI=1S/C16H18ClFN4OS.ClH/c17-12-4-10(18)5-13-14(12)20-16(24-13)21-15(23)9-2-1-3-22(8-9)11-6-19-7-11;/h4-5,9,11,19H,1-3,6-8H2,(H,20,21,23);1H. The van der Waals surface area contributed by atoms with Gasteiger partial charge >= 0.3 is 0 Å². The maximum atomic E-state index is 13.4. The summed E-state index contributed by atoms with van der Waals surface area (Å²) in [6.07, 6.45) is 1.92. The van der Waals surface area contributed by atoms with Gasteiger partial charge in [0, 0.05) is 25.7 Å². The molecule has 25 heavy (non-hydrogen) atoms. The van der Waals surface area contributed by atoms with Crippen molar-refractivity contribution in [3.05, 3.63) is 23.0 Å².